The van der Waals surface area contributed by atoms with Crippen LogP contribution in [0.4, 0.5) is 13.2 Å². The fourth-order valence-electron chi connectivity index (χ4n) is 2.93. The summed E-state index contributed by atoms with van der Waals surface area (Å²) in [6.45, 7) is 6.95. The standard InChI is InChI=1S/C18H29F3N4OS/c1-2-22-17(23-8-4-3-7-18(19,20)21)24-14-15(16-6-5-13-27-16)25-9-11-26-12-10-25/h5-6,13,15H,2-4,7-12,14H2,1H3,(H2,22,23,24). The second kappa shape index (κ2) is 11.5. The van der Waals surface area contributed by atoms with E-state index in [4.69, 9.17) is 4.74 Å². The van der Waals surface area contributed by atoms with E-state index in [-0.39, 0.29) is 12.5 Å². The third kappa shape index (κ3) is 8.49. The first-order valence-corrected chi connectivity index (χ1v) is 10.3. The van der Waals surface area contributed by atoms with Gasteiger partial charge in [0.1, 0.15) is 0 Å². The first-order chi connectivity index (χ1) is 13.0. The molecule has 0 saturated carbocycles. The Labute approximate surface area is 163 Å². The van der Waals surface area contributed by atoms with E-state index in [2.05, 4.69) is 32.0 Å². The van der Waals surface area contributed by atoms with Crippen molar-refractivity contribution in [3.05, 3.63) is 22.4 Å². The lowest BCUT2D eigenvalue weighted by Gasteiger charge is -2.33. The molecule has 2 heterocycles. The molecule has 0 bridgehead atoms. The molecule has 1 fully saturated rings. The number of halogens is 3. The van der Waals surface area contributed by atoms with Crippen molar-refractivity contribution < 1.29 is 17.9 Å². The molecule has 1 unspecified atom stereocenters. The van der Waals surface area contributed by atoms with E-state index in [1.807, 2.05) is 13.0 Å². The van der Waals surface area contributed by atoms with Gasteiger partial charge in [-0.2, -0.15) is 13.2 Å². The summed E-state index contributed by atoms with van der Waals surface area (Å²) in [4.78, 5) is 8.33. The maximum Gasteiger partial charge on any atom is 0.389 e. The lowest BCUT2D eigenvalue weighted by atomic mass is 10.2. The quantitative estimate of drug-likeness (QED) is 0.375. The molecule has 0 aromatic carbocycles. The minimum atomic E-state index is -4.08. The Kier molecular flexibility index (Phi) is 9.36. The van der Waals surface area contributed by atoms with Gasteiger partial charge < -0.3 is 15.4 Å². The Balaban J connectivity index is 1.89. The Hall–Kier alpha value is -1.32. The molecule has 1 atom stereocenters. The number of ether oxygens (including phenoxy) is 1. The topological polar surface area (TPSA) is 48.9 Å². The van der Waals surface area contributed by atoms with Crippen LogP contribution in [0.2, 0.25) is 0 Å². The summed E-state index contributed by atoms with van der Waals surface area (Å²) in [6.07, 6.45) is -4.23. The fourth-order valence-corrected chi connectivity index (χ4v) is 3.78. The molecule has 0 aliphatic carbocycles. The number of morpholine rings is 1. The van der Waals surface area contributed by atoms with Crippen molar-refractivity contribution >= 4 is 17.3 Å². The lowest BCUT2D eigenvalue weighted by molar-refractivity contribution is -0.135. The summed E-state index contributed by atoms with van der Waals surface area (Å²) in [5, 5.41) is 8.38. The van der Waals surface area contributed by atoms with Crippen LogP contribution < -0.4 is 10.6 Å². The minimum absolute atomic E-state index is 0.126. The van der Waals surface area contributed by atoms with Crippen LogP contribution in [0.15, 0.2) is 22.5 Å². The monoisotopic (exact) mass is 406 g/mol. The van der Waals surface area contributed by atoms with Crippen molar-refractivity contribution in [2.24, 2.45) is 4.99 Å². The summed E-state index contributed by atoms with van der Waals surface area (Å²) in [5.41, 5.74) is 0. The van der Waals surface area contributed by atoms with Gasteiger partial charge in [-0.15, -0.1) is 11.3 Å². The molecule has 1 saturated heterocycles. The highest BCUT2D eigenvalue weighted by Gasteiger charge is 2.26. The van der Waals surface area contributed by atoms with Crippen molar-refractivity contribution in [2.75, 3.05) is 45.9 Å². The van der Waals surface area contributed by atoms with Gasteiger partial charge in [0.15, 0.2) is 5.96 Å². The van der Waals surface area contributed by atoms with Gasteiger partial charge in [-0.25, -0.2) is 0 Å². The Morgan fingerprint density at radius 2 is 2.07 bits per heavy atom. The van der Waals surface area contributed by atoms with Crippen LogP contribution in [-0.4, -0.2) is 63.0 Å². The number of hydrogen-bond acceptors (Lipinski definition) is 4. The molecule has 0 radical (unpaired) electrons. The average Bonchev–Trinajstić information content (AvgIpc) is 3.16. The first kappa shape index (κ1) is 22.0. The van der Waals surface area contributed by atoms with Gasteiger partial charge in [0, 0.05) is 37.5 Å². The van der Waals surface area contributed by atoms with E-state index in [1.165, 1.54) is 4.88 Å². The Bertz CT molecular complexity index is 545. The van der Waals surface area contributed by atoms with Gasteiger partial charge in [-0.1, -0.05) is 6.07 Å². The van der Waals surface area contributed by atoms with Crippen LogP contribution in [0.3, 0.4) is 0 Å². The normalized spacial score (nSPS) is 17.7. The van der Waals surface area contributed by atoms with Crippen LogP contribution in [-0.2, 0) is 4.74 Å². The smallest absolute Gasteiger partial charge is 0.379 e. The van der Waals surface area contributed by atoms with Crippen LogP contribution in [0, 0.1) is 0 Å². The molecule has 1 aromatic rings. The van der Waals surface area contributed by atoms with E-state index < -0.39 is 12.6 Å². The van der Waals surface area contributed by atoms with E-state index in [0.717, 1.165) is 26.3 Å². The van der Waals surface area contributed by atoms with Gasteiger partial charge >= 0.3 is 6.18 Å². The Morgan fingerprint density at radius 1 is 1.30 bits per heavy atom. The Morgan fingerprint density at radius 3 is 2.70 bits per heavy atom. The van der Waals surface area contributed by atoms with Crippen LogP contribution in [0.25, 0.3) is 0 Å². The molecule has 1 aliphatic rings. The van der Waals surface area contributed by atoms with Crippen molar-refractivity contribution in [1.82, 2.24) is 15.5 Å². The number of hydrogen-bond donors (Lipinski definition) is 2. The second-order valence-electron chi connectivity index (χ2n) is 6.40. The number of unbranched alkanes of at least 4 members (excludes halogenated alkanes) is 1. The van der Waals surface area contributed by atoms with E-state index in [9.17, 15) is 13.2 Å². The number of rotatable bonds is 9. The lowest BCUT2D eigenvalue weighted by Crippen LogP contribution is -2.41. The minimum Gasteiger partial charge on any atom is -0.379 e. The summed E-state index contributed by atoms with van der Waals surface area (Å²) >= 11 is 1.72. The molecule has 1 aliphatic heterocycles. The van der Waals surface area contributed by atoms with Gasteiger partial charge in [0.25, 0.3) is 0 Å². The number of alkyl halides is 3. The third-order valence-electron chi connectivity index (χ3n) is 4.30. The molecule has 9 heteroatoms. The average molecular weight is 407 g/mol. The zero-order valence-electron chi connectivity index (χ0n) is 15.7. The molecule has 2 rings (SSSR count). The zero-order valence-corrected chi connectivity index (χ0v) is 16.5. The largest absolute Gasteiger partial charge is 0.389 e. The van der Waals surface area contributed by atoms with Crippen LogP contribution >= 0.6 is 11.3 Å². The van der Waals surface area contributed by atoms with Crippen LogP contribution in [0.1, 0.15) is 37.1 Å². The third-order valence-corrected chi connectivity index (χ3v) is 5.28. The highest BCUT2D eigenvalue weighted by atomic mass is 32.1. The summed E-state index contributed by atoms with van der Waals surface area (Å²) in [5.74, 6) is 0.652. The molecular weight excluding hydrogens is 377 g/mol. The highest BCUT2D eigenvalue weighted by molar-refractivity contribution is 7.10. The maximum absolute atomic E-state index is 12.2. The molecule has 5 nitrogen and oxygen atoms in total. The molecule has 1 aromatic heterocycles. The molecule has 0 amide bonds. The molecule has 2 N–H and O–H groups in total. The van der Waals surface area contributed by atoms with Gasteiger partial charge in [-0.05, 0) is 31.2 Å². The predicted octanol–water partition coefficient (Wildman–Crippen LogP) is 3.41. The SMILES string of the molecule is CCNC(=NCC(c1cccs1)N1CCOCC1)NCCCCC(F)(F)F. The second-order valence-corrected chi connectivity index (χ2v) is 7.38. The van der Waals surface area contributed by atoms with Gasteiger partial charge in [0.05, 0.1) is 25.8 Å². The van der Waals surface area contributed by atoms with E-state index in [1.54, 1.807) is 11.3 Å². The number of guanidine groups is 1. The summed E-state index contributed by atoms with van der Waals surface area (Å²) < 4.78 is 42.1. The van der Waals surface area contributed by atoms with Gasteiger partial charge in [0.2, 0.25) is 0 Å². The van der Waals surface area contributed by atoms with E-state index >= 15 is 0 Å². The molecule has 154 valence electrons. The number of aliphatic imine (C=N–C) groups is 1. The van der Waals surface area contributed by atoms with Crippen molar-refractivity contribution in [3.8, 4) is 0 Å². The highest BCUT2D eigenvalue weighted by Crippen LogP contribution is 2.26. The number of nitrogens with zero attached hydrogens (tertiary/aromatic N) is 2. The first-order valence-electron chi connectivity index (χ1n) is 9.43. The van der Waals surface area contributed by atoms with Crippen molar-refractivity contribution in [2.45, 2.75) is 38.4 Å². The molecular formula is C18H29F3N4OS. The number of thiophene rings is 1. The van der Waals surface area contributed by atoms with Gasteiger partial charge in [-0.3, -0.25) is 9.89 Å². The summed E-state index contributed by atoms with van der Waals surface area (Å²) in [6, 6.07) is 4.36. The maximum atomic E-state index is 12.2. The zero-order chi connectivity index (χ0) is 19.5. The predicted molar refractivity (Wildman–Crippen MR) is 103 cm³/mol. The van der Waals surface area contributed by atoms with Crippen LogP contribution in [0.5, 0.6) is 0 Å². The summed E-state index contributed by atoms with van der Waals surface area (Å²) in [7, 11) is 0. The number of nitrogens with one attached hydrogen (secondary N) is 2. The van der Waals surface area contributed by atoms with E-state index in [0.29, 0.717) is 32.0 Å². The fraction of sp³-hybridized carbons (Fsp3) is 0.722. The van der Waals surface area contributed by atoms with Crippen molar-refractivity contribution in [1.29, 1.82) is 0 Å². The van der Waals surface area contributed by atoms with Crippen molar-refractivity contribution in [3.63, 3.8) is 0 Å². The molecule has 27 heavy (non-hydrogen) atoms. The molecule has 0 spiro atoms.